The van der Waals surface area contributed by atoms with Crippen molar-refractivity contribution in [3.05, 3.63) is 52.5 Å². The van der Waals surface area contributed by atoms with Crippen LogP contribution in [0.15, 0.2) is 46.9 Å². The summed E-state index contributed by atoms with van der Waals surface area (Å²) in [5.41, 5.74) is 6.64. The second kappa shape index (κ2) is 5.89. The van der Waals surface area contributed by atoms with E-state index in [1.54, 1.807) is 7.11 Å². The highest BCUT2D eigenvalue weighted by Gasteiger charge is 2.04. The molecule has 0 aliphatic rings. The highest BCUT2D eigenvalue weighted by Crippen LogP contribution is 2.31. The van der Waals surface area contributed by atoms with E-state index in [-0.39, 0.29) is 0 Å². The summed E-state index contributed by atoms with van der Waals surface area (Å²) in [4.78, 5) is 0. The minimum absolute atomic E-state index is 0.512. The number of nitrogens with two attached hydrogens (primary N) is 1. The van der Waals surface area contributed by atoms with E-state index in [9.17, 15) is 0 Å². The normalized spacial score (nSPS) is 10.2. The average molecular weight is 308 g/mol. The van der Waals surface area contributed by atoms with E-state index >= 15 is 0 Å². The van der Waals surface area contributed by atoms with Crippen LogP contribution >= 0.6 is 15.9 Å². The second-order valence-corrected chi connectivity index (χ2v) is 4.60. The predicted molar refractivity (Wildman–Crippen MR) is 75.1 cm³/mol. The number of benzene rings is 2. The zero-order valence-electron chi connectivity index (χ0n) is 10.0. The van der Waals surface area contributed by atoms with Crippen molar-refractivity contribution < 1.29 is 9.47 Å². The van der Waals surface area contributed by atoms with Gasteiger partial charge in [0.1, 0.15) is 17.2 Å². The lowest BCUT2D eigenvalue weighted by Crippen LogP contribution is -1.96. The molecule has 94 valence electrons. The lowest BCUT2D eigenvalue weighted by atomic mass is 10.2. The summed E-state index contributed by atoms with van der Waals surface area (Å²) in [5.74, 6) is 2.25. The van der Waals surface area contributed by atoms with Gasteiger partial charge in [0.2, 0.25) is 0 Å². The van der Waals surface area contributed by atoms with Crippen molar-refractivity contribution in [2.75, 3.05) is 7.11 Å². The largest absolute Gasteiger partial charge is 0.497 e. The Labute approximate surface area is 115 Å². The molecule has 2 N–H and O–H groups in total. The molecule has 18 heavy (non-hydrogen) atoms. The Kier molecular flexibility index (Phi) is 4.23. The van der Waals surface area contributed by atoms with E-state index < -0.39 is 0 Å². The molecule has 0 saturated heterocycles. The van der Waals surface area contributed by atoms with Gasteiger partial charge < -0.3 is 15.2 Å². The quantitative estimate of drug-likeness (QED) is 0.936. The fourth-order valence-corrected chi connectivity index (χ4v) is 2.05. The Bertz CT molecular complexity index is 543. The average Bonchev–Trinajstić information content (AvgIpc) is 2.41. The zero-order chi connectivity index (χ0) is 13.0. The number of rotatable bonds is 4. The van der Waals surface area contributed by atoms with Crippen LogP contribution in [0.3, 0.4) is 0 Å². The standard InChI is InChI=1S/C14H14BrNO2/c1-17-11-3-2-4-12(8-11)18-14-6-5-10(9-16)7-13(14)15/h2-8H,9,16H2,1H3. The molecule has 0 aromatic heterocycles. The maximum Gasteiger partial charge on any atom is 0.141 e. The molecular formula is C14H14BrNO2. The van der Waals surface area contributed by atoms with E-state index in [1.165, 1.54) is 0 Å². The van der Waals surface area contributed by atoms with Gasteiger partial charge in [0.25, 0.3) is 0 Å². The summed E-state index contributed by atoms with van der Waals surface area (Å²) in [6.07, 6.45) is 0. The Balaban J connectivity index is 2.22. The van der Waals surface area contributed by atoms with Crippen molar-refractivity contribution in [1.29, 1.82) is 0 Å². The molecule has 0 atom stereocenters. The van der Waals surface area contributed by atoms with Gasteiger partial charge in [-0.05, 0) is 45.8 Å². The zero-order valence-corrected chi connectivity index (χ0v) is 11.6. The molecule has 2 aromatic rings. The number of hydrogen-bond acceptors (Lipinski definition) is 3. The minimum Gasteiger partial charge on any atom is -0.497 e. The Morgan fingerprint density at radius 1 is 1.11 bits per heavy atom. The van der Waals surface area contributed by atoms with Crippen molar-refractivity contribution in [2.24, 2.45) is 5.73 Å². The van der Waals surface area contributed by atoms with Crippen molar-refractivity contribution in [2.45, 2.75) is 6.54 Å². The molecule has 0 amide bonds. The van der Waals surface area contributed by atoms with Gasteiger partial charge in [-0.2, -0.15) is 0 Å². The number of methoxy groups -OCH3 is 1. The minimum atomic E-state index is 0.512. The van der Waals surface area contributed by atoms with Crippen LogP contribution in [-0.2, 0) is 6.54 Å². The molecule has 0 aliphatic carbocycles. The van der Waals surface area contributed by atoms with E-state index in [4.69, 9.17) is 15.2 Å². The van der Waals surface area contributed by atoms with Crippen molar-refractivity contribution in [3.8, 4) is 17.2 Å². The first kappa shape index (κ1) is 12.9. The van der Waals surface area contributed by atoms with Crippen LogP contribution in [-0.4, -0.2) is 7.11 Å². The number of halogens is 1. The molecule has 0 heterocycles. The van der Waals surface area contributed by atoms with Crippen LogP contribution in [0.5, 0.6) is 17.2 Å². The molecule has 2 aromatic carbocycles. The molecule has 0 spiro atoms. The summed E-state index contributed by atoms with van der Waals surface area (Å²) < 4.78 is 11.8. The highest BCUT2D eigenvalue weighted by molar-refractivity contribution is 9.10. The van der Waals surface area contributed by atoms with Gasteiger partial charge in [-0.15, -0.1) is 0 Å². The molecule has 0 bridgehead atoms. The van der Waals surface area contributed by atoms with Gasteiger partial charge in [-0.3, -0.25) is 0 Å². The summed E-state index contributed by atoms with van der Waals surface area (Å²) >= 11 is 3.47. The van der Waals surface area contributed by atoms with Crippen LogP contribution in [0.1, 0.15) is 5.56 Å². The van der Waals surface area contributed by atoms with E-state index in [1.807, 2.05) is 42.5 Å². The van der Waals surface area contributed by atoms with Crippen LogP contribution in [0.25, 0.3) is 0 Å². The third-order valence-electron chi connectivity index (χ3n) is 2.50. The maximum absolute atomic E-state index is 5.78. The molecule has 0 radical (unpaired) electrons. The van der Waals surface area contributed by atoms with Crippen molar-refractivity contribution >= 4 is 15.9 Å². The SMILES string of the molecule is COc1cccc(Oc2ccc(CN)cc2Br)c1. The van der Waals surface area contributed by atoms with E-state index in [0.717, 1.165) is 27.3 Å². The van der Waals surface area contributed by atoms with Crippen LogP contribution in [0.4, 0.5) is 0 Å². The van der Waals surface area contributed by atoms with Crippen LogP contribution < -0.4 is 15.2 Å². The first-order chi connectivity index (χ1) is 8.72. The fourth-order valence-electron chi connectivity index (χ4n) is 1.55. The van der Waals surface area contributed by atoms with E-state index in [2.05, 4.69) is 15.9 Å². The lowest BCUT2D eigenvalue weighted by molar-refractivity contribution is 0.409. The Morgan fingerprint density at radius 2 is 1.89 bits per heavy atom. The molecule has 0 saturated carbocycles. The van der Waals surface area contributed by atoms with Crippen LogP contribution in [0, 0.1) is 0 Å². The summed E-state index contributed by atoms with van der Waals surface area (Å²) in [7, 11) is 1.63. The molecule has 0 aliphatic heterocycles. The second-order valence-electron chi connectivity index (χ2n) is 3.75. The van der Waals surface area contributed by atoms with Gasteiger partial charge >= 0.3 is 0 Å². The summed E-state index contributed by atoms with van der Waals surface area (Å²) in [5, 5.41) is 0. The van der Waals surface area contributed by atoms with Gasteiger partial charge in [0.05, 0.1) is 11.6 Å². The topological polar surface area (TPSA) is 44.5 Å². The van der Waals surface area contributed by atoms with Gasteiger partial charge in [0.15, 0.2) is 0 Å². The van der Waals surface area contributed by atoms with Crippen molar-refractivity contribution in [3.63, 3.8) is 0 Å². The van der Waals surface area contributed by atoms with Crippen LogP contribution in [0.2, 0.25) is 0 Å². The third-order valence-corrected chi connectivity index (χ3v) is 3.12. The van der Waals surface area contributed by atoms with E-state index in [0.29, 0.717) is 6.54 Å². The monoisotopic (exact) mass is 307 g/mol. The van der Waals surface area contributed by atoms with Gasteiger partial charge in [-0.25, -0.2) is 0 Å². The van der Waals surface area contributed by atoms with Gasteiger partial charge in [-0.1, -0.05) is 12.1 Å². The van der Waals surface area contributed by atoms with Crippen molar-refractivity contribution in [1.82, 2.24) is 0 Å². The molecule has 2 rings (SSSR count). The molecule has 0 fully saturated rings. The lowest BCUT2D eigenvalue weighted by Gasteiger charge is -2.09. The molecule has 0 unspecified atom stereocenters. The molecule has 4 heteroatoms. The summed E-state index contributed by atoms with van der Waals surface area (Å²) in [6.45, 7) is 0.512. The Morgan fingerprint density at radius 3 is 2.56 bits per heavy atom. The molecular weight excluding hydrogens is 294 g/mol. The Hall–Kier alpha value is -1.52. The van der Waals surface area contributed by atoms with Gasteiger partial charge in [0, 0.05) is 12.6 Å². The maximum atomic E-state index is 5.78. The first-order valence-electron chi connectivity index (χ1n) is 5.53. The predicted octanol–water partition coefficient (Wildman–Crippen LogP) is 3.71. The first-order valence-corrected chi connectivity index (χ1v) is 6.32. The summed E-state index contributed by atoms with van der Waals surface area (Å²) in [6, 6.07) is 13.3. The smallest absolute Gasteiger partial charge is 0.141 e. The highest BCUT2D eigenvalue weighted by atomic mass is 79.9. The third kappa shape index (κ3) is 3.03. The molecule has 3 nitrogen and oxygen atoms in total. The number of hydrogen-bond donors (Lipinski definition) is 1. The number of ether oxygens (including phenoxy) is 2. The fraction of sp³-hybridized carbons (Fsp3) is 0.143.